The van der Waals surface area contributed by atoms with Gasteiger partial charge in [-0.05, 0) is 37.5 Å². The number of Topliss-reactive ketones (excluding diaryl/α,β-unsaturated/α-hetero) is 1. The molecule has 1 aromatic rings. The Morgan fingerprint density at radius 3 is 2.93 bits per heavy atom. The Bertz CT molecular complexity index is 371. The van der Waals surface area contributed by atoms with Crippen molar-refractivity contribution >= 4 is 5.78 Å². The number of carbonyl (C=O) groups is 1. The van der Waals surface area contributed by atoms with Crippen LogP contribution in [0.2, 0.25) is 0 Å². The van der Waals surface area contributed by atoms with E-state index in [1.807, 2.05) is 18.2 Å². The monoisotopic (exact) mass is 206 g/mol. The zero-order valence-corrected chi connectivity index (χ0v) is 8.79. The van der Waals surface area contributed by atoms with Gasteiger partial charge in [0.15, 0.2) is 11.5 Å². The van der Waals surface area contributed by atoms with Crippen molar-refractivity contribution in [3.63, 3.8) is 0 Å². The molecule has 0 saturated heterocycles. The summed E-state index contributed by atoms with van der Waals surface area (Å²) in [6.45, 7) is 1.94. The van der Waals surface area contributed by atoms with Gasteiger partial charge in [0.2, 0.25) is 6.79 Å². The highest BCUT2D eigenvalue weighted by molar-refractivity contribution is 5.75. The number of fused-ring (bicyclic) bond motifs is 1. The summed E-state index contributed by atoms with van der Waals surface area (Å²) >= 11 is 0. The molecule has 0 amide bonds. The van der Waals surface area contributed by atoms with E-state index < -0.39 is 0 Å². The van der Waals surface area contributed by atoms with Crippen LogP contribution in [0.15, 0.2) is 18.2 Å². The minimum atomic E-state index is 0.246. The first-order valence-corrected chi connectivity index (χ1v) is 5.13. The van der Waals surface area contributed by atoms with Crippen molar-refractivity contribution < 1.29 is 14.3 Å². The zero-order valence-electron chi connectivity index (χ0n) is 8.79. The van der Waals surface area contributed by atoms with Gasteiger partial charge in [0.05, 0.1) is 0 Å². The predicted molar refractivity (Wildman–Crippen MR) is 56.2 cm³/mol. The third-order valence-electron chi connectivity index (χ3n) is 2.43. The molecule has 1 aromatic carbocycles. The zero-order chi connectivity index (χ0) is 10.7. The maximum absolute atomic E-state index is 10.8. The van der Waals surface area contributed by atoms with Crippen LogP contribution in [0.5, 0.6) is 11.5 Å². The van der Waals surface area contributed by atoms with Crippen molar-refractivity contribution in [2.75, 3.05) is 6.79 Å². The van der Waals surface area contributed by atoms with Gasteiger partial charge in [0.25, 0.3) is 0 Å². The minimum Gasteiger partial charge on any atom is -0.454 e. The van der Waals surface area contributed by atoms with Crippen LogP contribution in [-0.4, -0.2) is 12.6 Å². The number of rotatable bonds is 4. The van der Waals surface area contributed by atoms with Crippen molar-refractivity contribution in [3.05, 3.63) is 23.8 Å². The topological polar surface area (TPSA) is 35.5 Å². The van der Waals surface area contributed by atoms with E-state index >= 15 is 0 Å². The molecule has 0 aromatic heterocycles. The van der Waals surface area contributed by atoms with E-state index in [4.69, 9.17) is 9.47 Å². The largest absolute Gasteiger partial charge is 0.454 e. The molecule has 1 aliphatic heterocycles. The van der Waals surface area contributed by atoms with E-state index in [1.165, 1.54) is 5.56 Å². The van der Waals surface area contributed by atoms with Gasteiger partial charge in [-0.3, -0.25) is 0 Å². The lowest BCUT2D eigenvalue weighted by Gasteiger charge is -2.01. The third-order valence-corrected chi connectivity index (χ3v) is 2.43. The summed E-state index contributed by atoms with van der Waals surface area (Å²) in [5, 5.41) is 0. The lowest BCUT2D eigenvalue weighted by atomic mass is 10.1. The van der Waals surface area contributed by atoms with Crippen LogP contribution >= 0.6 is 0 Å². The summed E-state index contributed by atoms with van der Waals surface area (Å²) in [6, 6.07) is 5.93. The molecule has 0 saturated carbocycles. The van der Waals surface area contributed by atoms with E-state index in [0.717, 1.165) is 24.3 Å². The van der Waals surface area contributed by atoms with E-state index in [1.54, 1.807) is 6.92 Å². The van der Waals surface area contributed by atoms with Crippen LogP contribution < -0.4 is 9.47 Å². The van der Waals surface area contributed by atoms with Crippen molar-refractivity contribution in [3.8, 4) is 11.5 Å². The molecule has 3 heteroatoms. The molecule has 0 atom stereocenters. The van der Waals surface area contributed by atoms with Crippen molar-refractivity contribution in [1.82, 2.24) is 0 Å². The van der Waals surface area contributed by atoms with Crippen LogP contribution in [-0.2, 0) is 11.2 Å². The van der Waals surface area contributed by atoms with Crippen LogP contribution in [0.4, 0.5) is 0 Å². The molecule has 80 valence electrons. The highest BCUT2D eigenvalue weighted by atomic mass is 16.7. The Hall–Kier alpha value is -1.51. The fourth-order valence-electron chi connectivity index (χ4n) is 1.64. The second kappa shape index (κ2) is 4.34. The van der Waals surface area contributed by atoms with E-state index in [2.05, 4.69) is 0 Å². The molecule has 3 nitrogen and oxygen atoms in total. The molecule has 0 aliphatic carbocycles. The van der Waals surface area contributed by atoms with Gasteiger partial charge in [0.1, 0.15) is 5.78 Å². The van der Waals surface area contributed by atoms with E-state index in [0.29, 0.717) is 13.2 Å². The summed E-state index contributed by atoms with van der Waals surface area (Å²) in [6.07, 6.45) is 2.46. The SMILES string of the molecule is CC(=O)CCCc1ccc2c(c1)OCO2. The van der Waals surface area contributed by atoms with Gasteiger partial charge < -0.3 is 14.3 Å². The molecule has 2 rings (SSSR count). The summed E-state index contributed by atoms with van der Waals surface area (Å²) in [4.78, 5) is 10.8. The van der Waals surface area contributed by atoms with Gasteiger partial charge in [-0.25, -0.2) is 0 Å². The highest BCUT2D eigenvalue weighted by Crippen LogP contribution is 2.32. The van der Waals surface area contributed by atoms with Crippen molar-refractivity contribution in [2.45, 2.75) is 26.2 Å². The lowest BCUT2D eigenvalue weighted by molar-refractivity contribution is -0.117. The number of carbonyl (C=O) groups excluding carboxylic acids is 1. The maximum Gasteiger partial charge on any atom is 0.231 e. The fourth-order valence-corrected chi connectivity index (χ4v) is 1.64. The second-order valence-corrected chi connectivity index (χ2v) is 3.74. The van der Waals surface area contributed by atoms with Crippen LogP contribution in [0.1, 0.15) is 25.3 Å². The molecular formula is C12H14O3. The summed E-state index contributed by atoms with van der Waals surface area (Å²) in [7, 11) is 0. The van der Waals surface area contributed by atoms with E-state index in [9.17, 15) is 4.79 Å². The number of hydrogen-bond donors (Lipinski definition) is 0. The molecule has 0 fully saturated rings. The fraction of sp³-hybridized carbons (Fsp3) is 0.417. The van der Waals surface area contributed by atoms with Gasteiger partial charge in [-0.15, -0.1) is 0 Å². The van der Waals surface area contributed by atoms with Crippen LogP contribution in [0.3, 0.4) is 0 Å². The molecule has 0 bridgehead atoms. The number of aryl methyl sites for hydroxylation is 1. The summed E-state index contributed by atoms with van der Waals surface area (Å²) < 4.78 is 10.5. The Morgan fingerprint density at radius 1 is 1.33 bits per heavy atom. The average Bonchev–Trinajstić information content (AvgIpc) is 2.64. The number of benzene rings is 1. The van der Waals surface area contributed by atoms with Crippen LogP contribution in [0, 0.1) is 0 Å². The van der Waals surface area contributed by atoms with Gasteiger partial charge in [-0.1, -0.05) is 6.07 Å². The van der Waals surface area contributed by atoms with Crippen LogP contribution in [0.25, 0.3) is 0 Å². The number of ketones is 1. The molecule has 1 aliphatic rings. The molecule has 15 heavy (non-hydrogen) atoms. The third kappa shape index (κ3) is 2.49. The van der Waals surface area contributed by atoms with E-state index in [-0.39, 0.29) is 5.78 Å². The van der Waals surface area contributed by atoms with Gasteiger partial charge >= 0.3 is 0 Å². The summed E-state index contributed by atoms with van der Waals surface area (Å²) in [5.74, 6) is 1.87. The Morgan fingerprint density at radius 2 is 2.13 bits per heavy atom. The van der Waals surface area contributed by atoms with Crippen molar-refractivity contribution in [1.29, 1.82) is 0 Å². The standard InChI is InChI=1S/C12H14O3/c1-9(13)3-2-4-10-5-6-11-12(7-10)15-8-14-11/h5-7H,2-4,8H2,1H3. The molecule has 0 spiro atoms. The minimum absolute atomic E-state index is 0.246. The molecular weight excluding hydrogens is 192 g/mol. The average molecular weight is 206 g/mol. The first-order chi connectivity index (χ1) is 7.25. The lowest BCUT2D eigenvalue weighted by Crippen LogP contribution is -1.93. The van der Waals surface area contributed by atoms with Gasteiger partial charge in [0, 0.05) is 6.42 Å². The normalized spacial score (nSPS) is 12.9. The Kier molecular flexibility index (Phi) is 2.90. The molecule has 1 heterocycles. The number of ether oxygens (including phenoxy) is 2. The maximum atomic E-state index is 10.8. The quantitative estimate of drug-likeness (QED) is 0.758. The Labute approximate surface area is 89.0 Å². The molecule has 0 unspecified atom stereocenters. The molecule has 0 radical (unpaired) electrons. The first kappa shape index (κ1) is 10.0. The molecule has 0 N–H and O–H groups in total. The first-order valence-electron chi connectivity index (χ1n) is 5.13. The summed E-state index contributed by atoms with van der Waals surface area (Å²) in [5.41, 5.74) is 1.19. The van der Waals surface area contributed by atoms with Gasteiger partial charge in [-0.2, -0.15) is 0 Å². The highest BCUT2D eigenvalue weighted by Gasteiger charge is 2.12. The Balaban J connectivity index is 1.95. The predicted octanol–water partition coefficient (Wildman–Crippen LogP) is 2.33. The number of hydrogen-bond acceptors (Lipinski definition) is 3. The van der Waals surface area contributed by atoms with Crippen molar-refractivity contribution in [2.24, 2.45) is 0 Å². The second-order valence-electron chi connectivity index (χ2n) is 3.74. The smallest absolute Gasteiger partial charge is 0.231 e.